The lowest BCUT2D eigenvalue weighted by atomic mass is 9.98. The first-order chi connectivity index (χ1) is 7.79. The third-order valence-corrected chi connectivity index (χ3v) is 4.02. The molecule has 0 amide bonds. The van der Waals surface area contributed by atoms with E-state index >= 15 is 0 Å². The van der Waals surface area contributed by atoms with E-state index in [1.165, 1.54) is 12.1 Å². The van der Waals surface area contributed by atoms with Crippen LogP contribution in [0.1, 0.15) is 16.5 Å². The van der Waals surface area contributed by atoms with Gasteiger partial charge in [0.25, 0.3) is 0 Å². The highest BCUT2D eigenvalue weighted by molar-refractivity contribution is 9.09. The van der Waals surface area contributed by atoms with Gasteiger partial charge < -0.3 is 0 Å². The van der Waals surface area contributed by atoms with E-state index in [1.807, 2.05) is 23.7 Å². The molecule has 0 aliphatic heterocycles. The van der Waals surface area contributed by atoms with Crippen molar-refractivity contribution in [1.29, 1.82) is 0 Å². The Hall–Kier alpha value is -0.740. The highest BCUT2D eigenvalue weighted by atomic mass is 79.9. The minimum absolute atomic E-state index is 0.189. The van der Waals surface area contributed by atoms with Gasteiger partial charge in [0.05, 0.1) is 5.01 Å². The second-order valence-electron chi connectivity index (χ2n) is 3.53. The fourth-order valence-corrected chi connectivity index (χ4v) is 2.86. The van der Waals surface area contributed by atoms with Gasteiger partial charge in [0.15, 0.2) is 0 Å². The van der Waals surface area contributed by atoms with Gasteiger partial charge in [-0.3, -0.25) is 0 Å². The summed E-state index contributed by atoms with van der Waals surface area (Å²) >= 11 is 5.16. The molecule has 0 aliphatic carbocycles. The summed E-state index contributed by atoms with van der Waals surface area (Å²) in [6.07, 6.45) is 2.71. The molecule has 1 unspecified atom stereocenters. The zero-order valence-electron chi connectivity index (χ0n) is 8.57. The Morgan fingerprint density at radius 1 is 1.31 bits per heavy atom. The second kappa shape index (κ2) is 5.55. The highest BCUT2D eigenvalue weighted by Crippen LogP contribution is 2.24. The predicted molar refractivity (Wildman–Crippen MR) is 68.8 cm³/mol. The van der Waals surface area contributed by atoms with Gasteiger partial charge in [-0.05, 0) is 23.6 Å². The summed E-state index contributed by atoms with van der Waals surface area (Å²) in [5.74, 6) is 0.165. The van der Waals surface area contributed by atoms with Crippen molar-refractivity contribution in [2.75, 3.05) is 5.33 Å². The average Bonchev–Trinajstić information content (AvgIpc) is 2.80. The Morgan fingerprint density at radius 3 is 2.62 bits per heavy atom. The van der Waals surface area contributed by atoms with Crippen LogP contribution in [-0.2, 0) is 6.42 Å². The number of rotatable bonds is 4. The molecule has 0 fully saturated rings. The third kappa shape index (κ3) is 2.89. The van der Waals surface area contributed by atoms with Crippen LogP contribution in [0, 0.1) is 5.82 Å². The van der Waals surface area contributed by atoms with Gasteiger partial charge >= 0.3 is 0 Å². The van der Waals surface area contributed by atoms with Crippen LogP contribution in [0.3, 0.4) is 0 Å². The van der Waals surface area contributed by atoms with E-state index < -0.39 is 0 Å². The first-order valence-corrected chi connectivity index (χ1v) is 6.99. The summed E-state index contributed by atoms with van der Waals surface area (Å²) in [5.41, 5.74) is 1.15. The van der Waals surface area contributed by atoms with Crippen molar-refractivity contribution in [1.82, 2.24) is 4.98 Å². The van der Waals surface area contributed by atoms with Crippen molar-refractivity contribution in [3.05, 3.63) is 52.2 Å². The molecular formula is C12H11BrFNS. The molecule has 1 aromatic heterocycles. The summed E-state index contributed by atoms with van der Waals surface area (Å²) in [7, 11) is 0. The minimum atomic E-state index is -0.189. The van der Waals surface area contributed by atoms with Gasteiger partial charge in [-0.2, -0.15) is 0 Å². The lowest BCUT2D eigenvalue weighted by Gasteiger charge is -2.12. The molecule has 0 N–H and O–H groups in total. The van der Waals surface area contributed by atoms with Crippen LogP contribution in [0.15, 0.2) is 35.8 Å². The van der Waals surface area contributed by atoms with E-state index in [4.69, 9.17) is 0 Å². The van der Waals surface area contributed by atoms with Crippen molar-refractivity contribution in [2.24, 2.45) is 0 Å². The average molecular weight is 300 g/mol. The fraction of sp³-hybridized carbons (Fsp3) is 0.250. The Labute approximate surface area is 106 Å². The van der Waals surface area contributed by atoms with Crippen LogP contribution < -0.4 is 0 Å². The Morgan fingerprint density at radius 2 is 2.06 bits per heavy atom. The van der Waals surface area contributed by atoms with Crippen molar-refractivity contribution in [3.63, 3.8) is 0 Å². The topological polar surface area (TPSA) is 12.9 Å². The Kier molecular flexibility index (Phi) is 4.07. The van der Waals surface area contributed by atoms with Crippen LogP contribution >= 0.6 is 27.3 Å². The first kappa shape index (κ1) is 11.7. The molecule has 1 atom stereocenters. The number of hydrogen-bond acceptors (Lipinski definition) is 2. The molecule has 16 heavy (non-hydrogen) atoms. The molecular weight excluding hydrogens is 289 g/mol. The van der Waals surface area contributed by atoms with E-state index in [0.29, 0.717) is 5.92 Å². The molecule has 2 aromatic rings. The number of halogens is 2. The molecule has 0 saturated heterocycles. The zero-order chi connectivity index (χ0) is 11.4. The van der Waals surface area contributed by atoms with Crippen molar-refractivity contribution >= 4 is 27.3 Å². The number of nitrogens with zero attached hydrogens (tertiary/aromatic N) is 1. The molecule has 4 heteroatoms. The van der Waals surface area contributed by atoms with Crippen LogP contribution in [0.2, 0.25) is 0 Å². The van der Waals surface area contributed by atoms with Crippen LogP contribution in [0.5, 0.6) is 0 Å². The van der Waals surface area contributed by atoms with Gasteiger partial charge in [-0.1, -0.05) is 28.1 Å². The standard InChI is InChI=1S/C12H11BrFNS/c13-8-10(7-12-15-5-6-16-12)9-1-3-11(14)4-2-9/h1-6,10H,7-8H2. The zero-order valence-corrected chi connectivity index (χ0v) is 11.0. The van der Waals surface area contributed by atoms with Crippen LogP contribution in [-0.4, -0.2) is 10.3 Å². The summed E-state index contributed by atoms with van der Waals surface area (Å²) in [4.78, 5) is 4.27. The highest BCUT2D eigenvalue weighted by Gasteiger charge is 2.12. The lowest BCUT2D eigenvalue weighted by molar-refractivity contribution is 0.625. The van der Waals surface area contributed by atoms with Crippen molar-refractivity contribution in [2.45, 2.75) is 12.3 Å². The molecule has 1 aromatic carbocycles. The summed E-state index contributed by atoms with van der Waals surface area (Å²) in [6, 6.07) is 6.70. The lowest BCUT2D eigenvalue weighted by Crippen LogP contribution is -2.04. The molecule has 0 spiro atoms. The van der Waals surface area contributed by atoms with E-state index in [-0.39, 0.29) is 5.82 Å². The largest absolute Gasteiger partial charge is 0.250 e. The summed E-state index contributed by atoms with van der Waals surface area (Å²) in [6.45, 7) is 0. The fourth-order valence-electron chi connectivity index (χ4n) is 1.56. The van der Waals surface area contributed by atoms with E-state index in [2.05, 4.69) is 20.9 Å². The van der Waals surface area contributed by atoms with Gasteiger partial charge in [0.2, 0.25) is 0 Å². The monoisotopic (exact) mass is 299 g/mol. The molecule has 0 saturated carbocycles. The number of alkyl halides is 1. The normalized spacial score (nSPS) is 12.6. The quantitative estimate of drug-likeness (QED) is 0.778. The first-order valence-electron chi connectivity index (χ1n) is 4.99. The number of benzene rings is 1. The second-order valence-corrected chi connectivity index (χ2v) is 5.16. The maximum absolute atomic E-state index is 12.8. The molecule has 1 heterocycles. The number of hydrogen-bond donors (Lipinski definition) is 0. The summed E-state index contributed by atoms with van der Waals surface area (Å²) in [5, 5.41) is 3.96. The molecule has 0 aliphatic rings. The van der Waals surface area contributed by atoms with Gasteiger partial charge in [0.1, 0.15) is 5.82 Å². The third-order valence-electron chi connectivity index (χ3n) is 2.43. The molecule has 1 nitrogen and oxygen atoms in total. The maximum atomic E-state index is 12.8. The van der Waals surface area contributed by atoms with Crippen LogP contribution in [0.4, 0.5) is 4.39 Å². The molecule has 0 bridgehead atoms. The van der Waals surface area contributed by atoms with Gasteiger partial charge in [0, 0.05) is 23.3 Å². The maximum Gasteiger partial charge on any atom is 0.123 e. The predicted octanol–water partition coefficient (Wildman–Crippen LogP) is 4.00. The smallest absolute Gasteiger partial charge is 0.123 e. The summed E-state index contributed by atoms with van der Waals surface area (Å²) < 4.78 is 12.8. The minimum Gasteiger partial charge on any atom is -0.250 e. The van der Waals surface area contributed by atoms with Gasteiger partial charge in [-0.15, -0.1) is 11.3 Å². The Bertz CT molecular complexity index is 427. The van der Waals surface area contributed by atoms with Crippen molar-refractivity contribution < 1.29 is 4.39 Å². The number of aromatic nitrogens is 1. The van der Waals surface area contributed by atoms with Gasteiger partial charge in [-0.25, -0.2) is 9.37 Å². The van der Waals surface area contributed by atoms with E-state index in [9.17, 15) is 4.39 Å². The Balaban J connectivity index is 2.13. The van der Waals surface area contributed by atoms with Crippen molar-refractivity contribution in [3.8, 4) is 0 Å². The molecule has 0 radical (unpaired) electrons. The van der Waals surface area contributed by atoms with E-state index in [1.54, 1.807) is 11.3 Å². The van der Waals surface area contributed by atoms with E-state index in [0.717, 1.165) is 22.3 Å². The molecule has 2 rings (SSSR count). The van der Waals surface area contributed by atoms with Crippen LogP contribution in [0.25, 0.3) is 0 Å². The number of thiazole rings is 1. The SMILES string of the molecule is Fc1ccc(C(CBr)Cc2nccs2)cc1. The molecule has 84 valence electrons.